The van der Waals surface area contributed by atoms with Gasteiger partial charge in [0.2, 0.25) is 0 Å². The van der Waals surface area contributed by atoms with E-state index in [-0.39, 0.29) is 5.91 Å². The van der Waals surface area contributed by atoms with Crippen molar-refractivity contribution in [2.24, 2.45) is 0 Å². The van der Waals surface area contributed by atoms with E-state index in [9.17, 15) is 4.79 Å². The second kappa shape index (κ2) is 5.36. The van der Waals surface area contributed by atoms with E-state index in [1.54, 1.807) is 0 Å². The number of amides is 1. The molecule has 0 fully saturated rings. The summed E-state index contributed by atoms with van der Waals surface area (Å²) >= 11 is 1.48. The highest BCUT2D eigenvalue weighted by molar-refractivity contribution is 7.12. The summed E-state index contributed by atoms with van der Waals surface area (Å²) in [5.41, 5.74) is 3.12. The molecule has 1 aromatic carbocycles. The maximum atomic E-state index is 12.1. The van der Waals surface area contributed by atoms with Crippen molar-refractivity contribution in [3.05, 3.63) is 51.7 Å². The molecule has 2 aromatic rings. The molecule has 3 heteroatoms. The molecular formula is C15H17NOS. The van der Waals surface area contributed by atoms with Crippen molar-refractivity contribution >= 4 is 22.9 Å². The average Bonchev–Trinajstić information content (AvgIpc) is 2.76. The van der Waals surface area contributed by atoms with Gasteiger partial charge in [-0.15, -0.1) is 11.3 Å². The quantitative estimate of drug-likeness (QED) is 0.868. The third kappa shape index (κ3) is 2.79. The summed E-state index contributed by atoms with van der Waals surface area (Å²) in [6.07, 6.45) is 0. The van der Waals surface area contributed by atoms with Crippen LogP contribution in [-0.4, -0.2) is 5.91 Å². The van der Waals surface area contributed by atoms with E-state index in [0.29, 0.717) is 5.92 Å². The van der Waals surface area contributed by atoms with E-state index in [1.807, 2.05) is 36.6 Å². The fraction of sp³-hybridized carbons (Fsp3) is 0.267. The number of thiophene rings is 1. The Kier molecular flexibility index (Phi) is 3.82. The number of hydrogen-bond acceptors (Lipinski definition) is 2. The number of aryl methyl sites for hydroxylation is 1. The molecule has 94 valence electrons. The molecule has 0 bridgehead atoms. The number of hydrogen-bond donors (Lipinski definition) is 1. The topological polar surface area (TPSA) is 29.1 Å². The van der Waals surface area contributed by atoms with Gasteiger partial charge in [-0.05, 0) is 47.5 Å². The number of carbonyl (C=O) groups excluding carboxylic acids is 1. The van der Waals surface area contributed by atoms with Gasteiger partial charge in [0.25, 0.3) is 5.91 Å². The van der Waals surface area contributed by atoms with Crippen LogP contribution in [0.25, 0.3) is 0 Å². The van der Waals surface area contributed by atoms with Gasteiger partial charge in [0.1, 0.15) is 0 Å². The Hall–Kier alpha value is -1.61. The minimum Gasteiger partial charge on any atom is -0.321 e. The third-order valence-corrected chi connectivity index (χ3v) is 3.89. The van der Waals surface area contributed by atoms with E-state index < -0.39 is 0 Å². The summed E-state index contributed by atoms with van der Waals surface area (Å²) in [6, 6.07) is 9.98. The first-order valence-corrected chi connectivity index (χ1v) is 6.91. The Morgan fingerprint density at radius 1 is 1.28 bits per heavy atom. The van der Waals surface area contributed by atoms with Crippen LogP contribution in [0.3, 0.4) is 0 Å². The molecule has 0 saturated carbocycles. The van der Waals surface area contributed by atoms with E-state index in [2.05, 4.69) is 25.2 Å². The number of nitrogens with one attached hydrogen (secondary N) is 1. The maximum absolute atomic E-state index is 12.1. The molecule has 2 rings (SSSR count). The van der Waals surface area contributed by atoms with Gasteiger partial charge in [-0.2, -0.15) is 0 Å². The second-order valence-electron chi connectivity index (χ2n) is 4.67. The van der Waals surface area contributed by atoms with Crippen LogP contribution < -0.4 is 5.32 Å². The predicted octanol–water partition coefficient (Wildman–Crippen LogP) is 4.43. The summed E-state index contributed by atoms with van der Waals surface area (Å²) in [4.78, 5) is 12.9. The predicted molar refractivity (Wildman–Crippen MR) is 77.5 cm³/mol. The molecule has 0 aliphatic heterocycles. The zero-order valence-corrected chi connectivity index (χ0v) is 11.7. The molecule has 1 heterocycles. The molecule has 0 aliphatic rings. The molecule has 0 unspecified atom stereocenters. The lowest BCUT2D eigenvalue weighted by molar-refractivity contribution is 0.103. The van der Waals surface area contributed by atoms with Crippen molar-refractivity contribution in [2.45, 2.75) is 26.7 Å². The van der Waals surface area contributed by atoms with Gasteiger partial charge in [-0.1, -0.05) is 26.0 Å². The Morgan fingerprint density at radius 2 is 2.06 bits per heavy atom. The molecule has 1 N–H and O–H groups in total. The summed E-state index contributed by atoms with van der Waals surface area (Å²) in [5, 5.41) is 4.89. The summed E-state index contributed by atoms with van der Waals surface area (Å²) in [7, 11) is 0. The highest BCUT2D eigenvalue weighted by Gasteiger charge is 2.10. The molecule has 0 spiro atoms. The van der Waals surface area contributed by atoms with E-state index in [0.717, 1.165) is 16.1 Å². The molecule has 0 atom stereocenters. The van der Waals surface area contributed by atoms with Crippen LogP contribution in [0.5, 0.6) is 0 Å². The van der Waals surface area contributed by atoms with Crippen LogP contribution in [-0.2, 0) is 0 Å². The lowest BCUT2D eigenvalue weighted by atomic mass is 10.0. The molecule has 0 aliphatic carbocycles. The zero-order chi connectivity index (χ0) is 13.1. The average molecular weight is 259 g/mol. The van der Waals surface area contributed by atoms with E-state index in [1.165, 1.54) is 16.9 Å². The lowest BCUT2D eigenvalue weighted by Gasteiger charge is -2.09. The third-order valence-electron chi connectivity index (χ3n) is 2.88. The SMILES string of the molecule is Cc1ccsc1C(=O)Nc1cccc(C(C)C)c1. The molecule has 1 aromatic heterocycles. The lowest BCUT2D eigenvalue weighted by Crippen LogP contribution is -2.11. The highest BCUT2D eigenvalue weighted by Crippen LogP contribution is 2.21. The Bertz CT molecular complexity index is 557. The van der Waals surface area contributed by atoms with Crippen LogP contribution in [0, 0.1) is 6.92 Å². The Balaban J connectivity index is 2.17. The monoisotopic (exact) mass is 259 g/mol. The molecule has 2 nitrogen and oxygen atoms in total. The first-order chi connectivity index (χ1) is 8.58. The van der Waals surface area contributed by atoms with Gasteiger partial charge in [0, 0.05) is 5.69 Å². The van der Waals surface area contributed by atoms with Gasteiger partial charge in [0.15, 0.2) is 0 Å². The van der Waals surface area contributed by atoms with Crippen LogP contribution >= 0.6 is 11.3 Å². The zero-order valence-electron chi connectivity index (χ0n) is 10.9. The van der Waals surface area contributed by atoms with Crippen LogP contribution in [0.1, 0.15) is 40.6 Å². The highest BCUT2D eigenvalue weighted by atomic mass is 32.1. The summed E-state index contributed by atoms with van der Waals surface area (Å²) in [6.45, 7) is 6.24. The first kappa shape index (κ1) is 12.8. The normalized spacial score (nSPS) is 10.7. The van der Waals surface area contributed by atoms with Gasteiger partial charge >= 0.3 is 0 Å². The molecule has 1 amide bonds. The van der Waals surface area contributed by atoms with Crippen molar-refractivity contribution in [3.8, 4) is 0 Å². The number of anilines is 1. The first-order valence-electron chi connectivity index (χ1n) is 6.03. The summed E-state index contributed by atoms with van der Waals surface area (Å²) < 4.78 is 0. The number of rotatable bonds is 3. The second-order valence-corrected chi connectivity index (χ2v) is 5.58. The van der Waals surface area contributed by atoms with E-state index in [4.69, 9.17) is 0 Å². The Morgan fingerprint density at radius 3 is 2.67 bits per heavy atom. The standard InChI is InChI=1S/C15H17NOS/c1-10(2)12-5-4-6-13(9-12)16-15(17)14-11(3)7-8-18-14/h4-10H,1-3H3,(H,16,17). The number of benzene rings is 1. The molecule has 0 radical (unpaired) electrons. The summed E-state index contributed by atoms with van der Waals surface area (Å²) in [5.74, 6) is 0.439. The van der Waals surface area contributed by atoms with Crippen molar-refractivity contribution in [1.29, 1.82) is 0 Å². The minimum atomic E-state index is -0.0246. The van der Waals surface area contributed by atoms with Gasteiger partial charge < -0.3 is 5.32 Å². The Labute approximate surface area is 112 Å². The van der Waals surface area contributed by atoms with Crippen LogP contribution in [0.4, 0.5) is 5.69 Å². The molecule has 18 heavy (non-hydrogen) atoms. The fourth-order valence-electron chi connectivity index (χ4n) is 1.77. The fourth-order valence-corrected chi connectivity index (χ4v) is 2.59. The molecule has 0 saturated heterocycles. The van der Waals surface area contributed by atoms with Crippen LogP contribution in [0.15, 0.2) is 35.7 Å². The van der Waals surface area contributed by atoms with Crippen molar-refractivity contribution in [2.75, 3.05) is 5.32 Å². The smallest absolute Gasteiger partial charge is 0.265 e. The van der Waals surface area contributed by atoms with Crippen molar-refractivity contribution < 1.29 is 4.79 Å². The van der Waals surface area contributed by atoms with Crippen LogP contribution in [0.2, 0.25) is 0 Å². The molecular weight excluding hydrogens is 242 g/mol. The largest absolute Gasteiger partial charge is 0.321 e. The maximum Gasteiger partial charge on any atom is 0.265 e. The van der Waals surface area contributed by atoms with Gasteiger partial charge in [-0.3, -0.25) is 4.79 Å². The van der Waals surface area contributed by atoms with Crippen molar-refractivity contribution in [1.82, 2.24) is 0 Å². The van der Waals surface area contributed by atoms with E-state index >= 15 is 0 Å². The van der Waals surface area contributed by atoms with Gasteiger partial charge in [-0.25, -0.2) is 0 Å². The number of carbonyl (C=O) groups is 1. The van der Waals surface area contributed by atoms with Crippen molar-refractivity contribution in [3.63, 3.8) is 0 Å². The van der Waals surface area contributed by atoms with Gasteiger partial charge in [0.05, 0.1) is 4.88 Å². The minimum absolute atomic E-state index is 0.0246.